The Kier molecular flexibility index (Phi) is 4.64. The van der Waals surface area contributed by atoms with Crippen LogP contribution in [0.4, 0.5) is 10.2 Å². The fourth-order valence-corrected chi connectivity index (χ4v) is 3.46. The lowest BCUT2D eigenvalue weighted by molar-refractivity contribution is 0.0695. The molecule has 22 heavy (non-hydrogen) atoms. The van der Waals surface area contributed by atoms with E-state index in [0.717, 1.165) is 52.2 Å². The highest BCUT2D eigenvalue weighted by molar-refractivity contribution is 5.39. The number of pyridine rings is 1. The van der Waals surface area contributed by atoms with E-state index in [1.54, 1.807) is 12.3 Å². The predicted molar refractivity (Wildman–Crippen MR) is 85.6 cm³/mol. The summed E-state index contributed by atoms with van der Waals surface area (Å²) >= 11 is 0. The summed E-state index contributed by atoms with van der Waals surface area (Å²) in [6, 6.07) is 3.13. The van der Waals surface area contributed by atoms with Crippen molar-refractivity contribution in [2.75, 3.05) is 44.2 Å². The van der Waals surface area contributed by atoms with Gasteiger partial charge in [-0.25, -0.2) is 9.37 Å². The number of rotatable bonds is 3. The van der Waals surface area contributed by atoms with Gasteiger partial charge in [0.15, 0.2) is 11.6 Å². The summed E-state index contributed by atoms with van der Waals surface area (Å²) in [5, 5.41) is 0. The van der Waals surface area contributed by atoms with E-state index in [1.165, 1.54) is 6.07 Å². The molecular weight excluding hydrogens is 281 g/mol. The van der Waals surface area contributed by atoms with Gasteiger partial charge in [-0.05, 0) is 36.9 Å². The van der Waals surface area contributed by atoms with Crippen molar-refractivity contribution in [3.63, 3.8) is 0 Å². The van der Waals surface area contributed by atoms with E-state index in [2.05, 4.69) is 28.6 Å². The molecule has 122 valence electrons. The van der Waals surface area contributed by atoms with Gasteiger partial charge in [-0.1, -0.05) is 13.8 Å². The summed E-state index contributed by atoms with van der Waals surface area (Å²) in [6.45, 7) is 10.0. The van der Waals surface area contributed by atoms with Gasteiger partial charge in [0.25, 0.3) is 0 Å². The minimum Gasteiger partial charge on any atom is -0.376 e. The molecule has 1 unspecified atom stereocenters. The standard InChI is InChI=1S/C17H26FN3O/c1-17(2)11-14(22-13-17)12-20-7-4-8-21(10-9-20)16-15(18)5-3-6-19-16/h3,5-6,14H,4,7-13H2,1-2H3. The van der Waals surface area contributed by atoms with Crippen LogP contribution in [0.1, 0.15) is 26.7 Å². The Balaban J connectivity index is 1.55. The fourth-order valence-electron chi connectivity index (χ4n) is 3.46. The first-order valence-corrected chi connectivity index (χ1v) is 8.23. The van der Waals surface area contributed by atoms with Crippen LogP contribution in [0.2, 0.25) is 0 Å². The molecule has 2 aliphatic rings. The molecule has 2 aliphatic heterocycles. The molecule has 0 aromatic carbocycles. The monoisotopic (exact) mass is 307 g/mol. The Morgan fingerprint density at radius 2 is 2.18 bits per heavy atom. The lowest BCUT2D eigenvalue weighted by Crippen LogP contribution is -2.36. The molecular formula is C17H26FN3O. The molecule has 3 heterocycles. The van der Waals surface area contributed by atoms with Gasteiger partial charge in [-0.3, -0.25) is 4.90 Å². The number of hydrogen-bond acceptors (Lipinski definition) is 4. The quantitative estimate of drug-likeness (QED) is 0.858. The summed E-state index contributed by atoms with van der Waals surface area (Å²) in [4.78, 5) is 8.71. The van der Waals surface area contributed by atoms with Crippen LogP contribution in [0.25, 0.3) is 0 Å². The summed E-state index contributed by atoms with van der Waals surface area (Å²) in [5.74, 6) is 0.263. The van der Waals surface area contributed by atoms with Gasteiger partial charge >= 0.3 is 0 Å². The van der Waals surface area contributed by atoms with Crippen LogP contribution in [0.5, 0.6) is 0 Å². The van der Waals surface area contributed by atoms with Crippen LogP contribution in [-0.4, -0.2) is 55.3 Å². The van der Waals surface area contributed by atoms with Crippen LogP contribution >= 0.6 is 0 Å². The molecule has 0 spiro atoms. The molecule has 0 amide bonds. The van der Waals surface area contributed by atoms with Crippen molar-refractivity contribution in [3.8, 4) is 0 Å². The zero-order chi connectivity index (χ0) is 15.6. The number of halogens is 1. The fraction of sp³-hybridized carbons (Fsp3) is 0.706. The SMILES string of the molecule is CC1(C)COC(CN2CCCN(c3ncccc3F)CC2)C1. The highest BCUT2D eigenvalue weighted by atomic mass is 19.1. The summed E-state index contributed by atoms with van der Waals surface area (Å²) in [7, 11) is 0. The van der Waals surface area contributed by atoms with Crippen molar-refractivity contribution in [2.45, 2.75) is 32.8 Å². The van der Waals surface area contributed by atoms with E-state index >= 15 is 0 Å². The van der Waals surface area contributed by atoms with E-state index in [1.807, 2.05) is 0 Å². The molecule has 1 aromatic rings. The van der Waals surface area contributed by atoms with Crippen LogP contribution < -0.4 is 4.90 Å². The van der Waals surface area contributed by atoms with E-state index in [0.29, 0.717) is 17.3 Å². The van der Waals surface area contributed by atoms with Gasteiger partial charge in [-0.15, -0.1) is 0 Å². The second-order valence-electron chi connectivity index (χ2n) is 7.25. The Hall–Kier alpha value is -1.20. The topological polar surface area (TPSA) is 28.6 Å². The molecule has 0 aliphatic carbocycles. The molecule has 1 atom stereocenters. The molecule has 1 aromatic heterocycles. The van der Waals surface area contributed by atoms with Gasteiger partial charge < -0.3 is 9.64 Å². The first-order chi connectivity index (χ1) is 10.5. The predicted octanol–water partition coefficient (Wildman–Crippen LogP) is 2.55. The Morgan fingerprint density at radius 1 is 1.32 bits per heavy atom. The van der Waals surface area contributed by atoms with E-state index < -0.39 is 0 Å². The molecule has 3 rings (SSSR count). The van der Waals surface area contributed by atoms with Gasteiger partial charge in [-0.2, -0.15) is 0 Å². The lowest BCUT2D eigenvalue weighted by Gasteiger charge is -2.25. The van der Waals surface area contributed by atoms with Crippen LogP contribution in [0.3, 0.4) is 0 Å². The molecule has 2 saturated heterocycles. The summed E-state index contributed by atoms with van der Waals surface area (Å²) in [6.07, 6.45) is 4.16. The van der Waals surface area contributed by atoms with E-state index in [-0.39, 0.29) is 5.82 Å². The van der Waals surface area contributed by atoms with Gasteiger partial charge in [0, 0.05) is 32.4 Å². The third-order valence-electron chi connectivity index (χ3n) is 4.58. The summed E-state index contributed by atoms with van der Waals surface area (Å²) in [5.41, 5.74) is 0.305. The van der Waals surface area contributed by atoms with Crippen molar-refractivity contribution >= 4 is 5.82 Å². The van der Waals surface area contributed by atoms with Gasteiger partial charge in [0.1, 0.15) is 0 Å². The zero-order valence-electron chi connectivity index (χ0n) is 13.6. The number of aromatic nitrogens is 1. The first kappa shape index (κ1) is 15.7. The Labute approximate surface area is 132 Å². The Morgan fingerprint density at radius 3 is 2.91 bits per heavy atom. The smallest absolute Gasteiger partial charge is 0.165 e. The largest absolute Gasteiger partial charge is 0.376 e. The van der Waals surface area contributed by atoms with Crippen LogP contribution in [0, 0.1) is 11.2 Å². The van der Waals surface area contributed by atoms with Crippen molar-refractivity contribution in [2.24, 2.45) is 5.41 Å². The third-order valence-corrected chi connectivity index (χ3v) is 4.58. The minimum atomic E-state index is -0.225. The second kappa shape index (κ2) is 6.50. The maximum absolute atomic E-state index is 13.9. The highest BCUT2D eigenvalue weighted by Gasteiger charge is 2.33. The molecule has 0 N–H and O–H groups in total. The van der Waals surface area contributed by atoms with Crippen molar-refractivity contribution in [1.82, 2.24) is 9.88 Å². The third kappa shape index (κ3) is 3.76. The van der Waals surface area contributed by atoms with E-state index in [4.69, 9.17) is 4.74 Å². The number of hydrogen-bond donors (Lipinski definition) is 0. The average molecular weight is 307 g/mol. The van der Waals surface area contributed by atoms with Crippen LogP contribution in [-0.2, 0) is 4.74 Å². The number of nitrogens with zero attached hydrogens (tertiary/aromatic N) is 3. The maximum atomic E-state index is 13.9. The number of ether oxygens (including phenoxy) is 1. The second-order valence-corrected chi connectivity index (χ2v) is 7.25. The van der Waals surface area contributed by atoms with Crippen molar-refractivity contribution in [1.29, 1.82) is 0 Å². The lowest BCUT2D eigenvalue weighted by atomic mass is 9.90. The van der Waals surface area contributed by atoms with Gasteiger partial charge in [0.2, 0.25) is 0 Å². The highest BCUT2D eigenvalue weighted by Crippen LogP contribution is 2.31. The molecule has 0 saturated carbocycles. The van der Waals surface area contributed by atoms with Crippen LogP contribution in [0.15, 0.2) is 18.3 Å². The zero-order valence-corrected chi connectivity index (χ0v) is 13.6. The first-order valence-electron chi connectivity index (χ1n) is 8.23. The molecule has 5 heteroatoms. The van der Waals surface area contributed by atoms with Crippen molar-refractivity contribution in [3.05, 3.63) is 24.1 Å². The molecule has 0 radical (unpaired) electrons. The molecule has 2 fully saturated rings. The van der Waals surface area contributed by atoms with E-state index in [9.17, 15) is 4.39 Å². The molecule has 4 nitrogen and oxygen atoms in total. The van der Waals surface area contributed by atoms with Crippen molar-refractivity contribution < 1.29 is 9.13 Å². The normalized spacial score (nSPS) is 26.1. The minimum absolute atomic E-state index is 0.225. The average Bonchev–Trinajstić information content (AvgIpc) is 2.68. The van der Waals surface area contributed by atoms with Gasteiger partial charge in [0.05, 0.1) is 12.7 Å². The number of anilines is 1. The summed E-state index contributed by atoms with van der Waals surface area (Å²) < 4.78 is 19.8. The Bertz CT molecular complexity index is 508. The maximum Gasteiger partial charge on any atom is 0.165 e. The molecule has 0 bridgehead atoms.